The lowest BCUT2D eigenvalue weighted by molar-refractivity contribution is -0.145. The van der Waals surface area contributed by atoms with Gasteiger partial charge >= 0.3 is 5.97 Å². The predicted molar refractivity (Wildman–Crippen MR) is 112 cm³/mol. The quantitative estimate of drug-likeness (QED) is 0.481. The van der Waals surface area contributed by atoms with E-state index in [-0.39, 0.29) is 19.0 Å². The third-order valence-electron chi connectivity index (χ3n) is 4.36. The lowest BCUT2D eigenvalue weighted by Gasteiger charge is -2.10. The van der Waals surface area contributed by atoms with Crippen LogP contribution in [-0.4, -0.2) is 32.3 Å². The normalized spacial score (nSPS) is 10.4. The van der Waals surface area contributed by atoms with Crippen molar-refractivity contribution in [1.82, 2.24) is 4.98 Å². The van der Waals surface area contributed by atoms with Crippen molar-refractivity contribution in [3.05, 3.63) is 59.1 Å². The van der Waals surface area contributed by atoms with E-state index in [0.29, 0.717) is 23.6 Å². The molecule has 0 aliphatic rings. The number of ether oxygens (including phenoxy) is 4. The number of methoxy groups -OCH3 is 3. The number of benzene rings is 2. The molecule has 0 unspecified atom stereocenters. The van der Waals surface area contributed by atoms with Gasteiger partial charge in [-0.1, -0.05) is 24.3 Å². The molecule has 0 saturated carbocycles. The maximum atomic E-state index is 12.1. The van der Waals surface area contributed by atoms with Crippen LogP contribution in [0.25, 0.3) is 10.6 Å². The van der Waals surface area contributed by atoms with Crippen LogP contribution < -0.4 is 14.2 Å². The number of rotatable bonds is 9. The van der Waals surface area contributed by atoms with Gasteiger partial charge in [0.25, 0.3) is 0 Å². The van der Waals surface area contributed by atoms with E-state index >= 15 is 0 Å². The summed E-state index contributed by atoms with van der Waals surface area (Å²) in [4.78, 5) is 16.7. The lowest BCUT2D eigenvalue weighted by Crippen LogP contribution is -2.06. The zero-order valence-electron chi connectivity index (χ0n) is 16.6. The summed E-state index contributed by atoms with van der Waals surface area (Å²) >= 11 is 1.46. The largest absolute Gasteiger partial charge is 0.496 e. The molecule has 6 nitrogen and oxygen atoms in total. The molecule has 0 N–H and O–H groups in total. The highest BCUT2D eigenvalue weighted by atomic mass is 32.1. The zero-order chi connectivity index (χ0) is 20.6. The van der Waals surface area contributed by atoms with E-state index in [9.17, 15) is 4.79 Å². The molecule has 0 atom stereocenters. The van der Waals surface area contributed by atoms with E-state index in [2.05, 4.69) is 4.98 Å². The van der Waals surface area contributed by atoms with Crippen LogP contribution in [0.15, 0.2) is 47.8 Å². The van der Waals surface area contributed by atoms with Gasteiger partial charge in [-0.15, -0.1) is 11.3 Å². The van der Waals surface area contributed by atoms with Crippen LogP contribution in [0.2, 0.25) is 0 Å². The molecule has 0 aliphatic carbocycles. The number of carbonyl (C=O) groups is 1. The molecule has 0 bridgehead atoms. The predicted octanol–water partition coefficient (Wildman–Crippen LogP) is 4.51. The first-order valence-electron chi connectivity index (χ1n) is 9.09. The average molecular weight is 413 g/mol. The van der Waals surface area contributed by atoms with Crippen molar-refractivity contribution in [3.8, 4) is 27.8 Å². The highest BCUT2D eigenvalue weighted by molar-refractivity contribution is 7.13. The van der Waals surface area contributed by atoms with Crippen molar-refractivity contribution in [3.63, 3.8) is 0 Å². The summed E-state index contributed by atoms with van der Waals surface area (Å²) in [5.74, 6) is 1.77. The molecule has 29 heavy (non-hydrogen) atoms. The first-order chi connectivity index (χ1) is 14.2. The Morgan fingerprint density at radius 2 is 1.72 bits per heavy atom. The van der Waals surface area contributed by atoms with Gasteiger partial charge in [-0.3, -0.25) is 4.79 Å². The molecular formula is C22H23NO5S. The number of thiazole rings is 1. The molecule has 3 aromatic rings. The van der Waals surface area contributed by atoms with Gasteiger partial charge in [-0.2, -0.15) is 0 Å². The minimum atomic E-state index is -0.274. The molecular weight excluding hydrogens is 390 g/mol. The number of carbonyl (C=O) groups excluding carboxylic acids is 1. The number of esters is 1. The fraction of sp³-hybridized carbons (Fsp3) is 0.273. The van der Waals surface area contributed by atoms with Crippen LogP contribution in [0.4, 0.5) is 0 Å². The van der Waals surface area contributed by atoms with E-state index in [1.165, 1.54) is 11.3 Å². The van der Waals surface area contributed by atoms with Gasteiger partial charge < -0.3 is 18.9 Å². The molecule has 0 amide bonds. The Morgan fingerprint density at radius 1 is 0.966 bits per heavy atom. The van der Waals surface area contributed by atoms with Gasteiger partial charge in [0.15, 0.2) is 11.5 Å². The Hall–Kier alpha value is -3.06. The van der Waals surface area contributed by atoms with Crippen molar-refractivity contribution in [2.24, 2.45) is 0 Å². The van der Waals surface area contributed by atoms with Gasteiger partial charge in [-0.05, 0) is 30.2 Å². The van der Waals surface area contributed by atoms with E-state index in [1.54, 1.807) is 21.3 Å². The fourth-order valence-electron chi connectivity index (χ4n) is 2.93. The van der Waals surface area contributed by atoms with Crippen LogP contribution >= 0.6 is 11.3 Å². The number of aromatic nitrogens is 1. The van der Waals surface area contributed by atoms with Crippen molar-refractivity contribution < 1.29 is 23.7 Å². The summed E-state index contributed by atoms with van der Waals surface area (Å²) in [6.07, 6.45) is 0.841. The third kappa shape index (κ3) is 5.06. The van der Waals surface area contributed by atoms with E-state index in [4.69, 9.17) is 18.9 Å². The van der Waals surface area contributed by atoms with Crippen molar-refractivity contribution in [2.75, 3.05) is 21.3 Å². The second-order valence-electron chi connectivity index (χ2n) is 6.16. The molecule has 0 fully saturated rings. The van der Waals surface area contributed by atoms with Gasteiger partial charge in [0.1, 0.15) is 17.4 Å². The minimum absolute atomic E-state index is 0.132. The highest BCUT2D eigenvalue weighted by Crippen LogP contribution is 2.39. The number of para-hydroxylation sites is 2. The van der Waals surface area contributed by atoms with Crippen LogP contribution in [0.5, 0.6) is 17.2 Å². The van der Waals surface area contributed by atoms with Crippen molar-refractivity contribution in [1.29, 1.82) is 0 Å². The second kappa shape index (κ2) is 9.93. The molecule has 0 radical (unpaired) electrons. The monoisotopic (exact) mass is 413 g/mol. The fourth-order valence-corrected chi connectivity index (χ4v) is 3.75. The Balaban J connectivity index is 1.59. The number of hydrogen-bond acceptors (Lipinski definition) is 7. The highest BCUT2D eigenvalue weighted by Gasteiger charge is 2.15. The standard InChI is InChI=1S/C22H23NO5S/c1-25-18-9-5-4-7-15(18)11-12-20(24)28-13-16-14-29-22(23-16)17-8-6-10-19(26-2)21(17)27-3/h4-10,14H,11-13H2,1-3H3. The lowest BCUT2D eigenvalue weighted by atomic mass is 10.1. The maximum absolute atomic E-state index is 12.1. The summed E-state index contributed by atoms with van der Waals surface area (Å²) in [7, 11) is 4.81. The molecule has 1 aromatic heterocycles. The third-order valence-corrected chi connectivity index (χ3v) is 5.28. The number of hydrogen-bond donors (Lipinski definition) is 0. The second-order valence-corrected chi connectivity index (χ2v) is 7.02. The number of aryl methyl sites for hydroxylation is 1. The first kappa shape index (κ1) is 20.7. The summed E-state index contributed by atoms with van der Waals surface area (Å²) in [6.45, 7) is 0.132. The molecule has 152 valence electrons. The molecule has 0 saturated heterocycles. The van der Waals surface area contributed by atoms with E-state index < -0.39 is 0 Å². The molecule has 1 heterocycles. The first-order valence-corrected chi connectivity index (χ1v) is 9.97. The Morgan fingerprint density at radius 3 is 2.48 bits per heavy atom. The smallest absolute Gasteiger partial charge is 0.306 e. The van der Waals surface area contributed by atoms with Crippen LogP contribution in [0.1, 0.15) is 17.7 Å². The van der Waals surface area contributed by atoms with E-state index in [0.717, 1.165) is 21.9 Å². The molecule has 3 rings (SSSR count). The Kier molecular flexibility index (Phi) is 7.08. The van der Waals surface area contributed by atoms with Gasteiger partial charge in [0.05, 0.1) is 32.6 Å². The molecule has 2 aromatic carbocycles. The van der Waals surface area contributed by atoms with E-state index in [1.807, 2.05) is 47.8 Å². The van der Waals surface area contributed by atoms with Crippen molar-refractivity contribution in [2.45, 2.75) is 19.4 Å². The summed E-state index contributed by atoms with van der Waals surface area (Å²) < 4.78 is 21.5. The van der Waals surface area contributed by atoms with Gasteiger partial charge in [0.2, 0.25) is 0 Å². The average Bonchev–Trinajstić information content (AvgIpc) is 3.24. The molecule has 7 heteroatoms. The summed E-state index contributed by atoms with van der Waals surface area (Å²) in [5, 5.41) is 2.66. The topological polar surface area (TPSA) is 66.9 Å². The Labute approximate surface area is 174 Å². The summed E-state index contributed by atoms with van der Waals surface area (Å²) in [6, 6.07) is 13.3. The van der Waals surface area contributed by atoms with Crippen LogP contribution in [0, 0.1) is 0 Å². The summed E-state index contributed by atoms with van der Waals surface area (Å²) in [5.41, 5.74) is 2.51. The minimum Gasteiger partial charge on any atom is -0.496 e. The van der Waals surface area contributed by atoms with Crippen LogP contribution in [0.3, 0.4) is 0 Å². The van der Waals surface area contributed by atoms with Gasteiger partial charge in [-0.25, -0.2) is 4.98 Å². The van der Waals surface area contributed by atoms with Gasteiger partial charge in [0, 0.05) is 11.8 Å². The Bertz CT molecular complexity index is 969. The van der Waals surface area contributed by atoms with Crippen molar-refractivity contribution >= 4 is 17.3 Å². The number of nitrogens with zero attached hydrogens (tertiary/aromatic N) is 1. The molecule has 0 aliphatic heterocycles. The molecule has 0 spiro atoms. The SMILES string of the molecule is COc1ccccc1CCC(=O)OCc1csc(-c2cccc(OC)c2OC)n1. The van der Waals surface area contributed by atoms with Crippen LogP contribution in [-0.2, 0) is 22.6 Å². The zero-order valence-corrected chi connectivity index (χ0v) is 17.5. The maximum Gasteiger partial charge on any atom is 0.306 e.